The topological polar surface area (TPSA) is 40.5 Å². The molecule has 0 aliphatic heterocycles. The Morgan fingerprint density at radius 2 is 2.05 bits per heavy atom. The van der Waals surface area contributed by atoms with Gasteiger partial charge in [0.25, 0.3) is 0 Å². The molecule has 1 aromatic carbocycles. The van der Waals surface area contributed by atoms with E-state index in [1.807, 2.05) is 0 Å². The predicted octanol–water partition coefficient (Wildman–Crippen LogP) is 2.54. The van der Waals surface area contributed by atoms with Gasteiger partial charge in [-0.3, -0.25) is 4.79 Å². The summed E-state index contributed by atoms with van der Waals surface area (Å²) < 4.78 is 13.4. The van der Waals surface area contributed by atoms with Crippen molar-refractivity contribution >= 4 is 17.7 Å². The van der Waals surface area contributed by atoms with Crippen molar-refractivity contribution in [2.75, 3.05) is 19.4 Å². The van der Waals surface area contributed by atoms with Gasteiger partial charge in [0.2, 0.25) is 5.91 Å². The average molecular weight is 285 g/mol. The van der Waals surface area contributed by atoms with Crippen molar-refractivity contribution < 1.29 is 14.3 Å². The van der Waals surface area contributed by atoms with Crippen LogP contribution in [0.2, 0.25) is 0 Å². The minimum absolute atomic E-state index is 0.0529. The van der Waals surface area contributed by atoms with Crippen LogP contribution < -0.4 is 0 Å². The third-order valence-electron chi connectivity index (χ3n) is 3.08. The van der Waals surface area contributed by atoms with Gasteiger partial charge in [0, 0.05) is 24.1 Å². The maximum absolute atomic E-state index is 13.4. The summed E-state index contributed by atoms with van der Waals surface area (Å²) in [6.45, 7) is 3.51. The standard InChI is InChI=1S/C14H20FNO2S/c1-14(2,10-17)16(3)13(18)8-9-19-12-7-5-4-6-11(12)15/h4-7,17H,8-10H2,1-3H3. The van der Waals surface area contributed by atoms with Crippen molar-refractivity contribution in [1.29, 1.82) is 0 Å². The largest absolute Gasteiger partial charge is 0.394 e. The van der Waals surface area contributed by atoms with Crippen molar-refractivity contribution in [3.8, 4) is 0 Å². The lowest BCUT2D eigenvalue weighted by molar-refractivity contribution is -0.135. The van der Waals surface area contributed by atoms with Crippen molar-refractivity contribution in [2.45, 2.75) is 30.7 Å². The maximum atomic E-state index is 13.4. The number of hydrogen-bond acceptors (Lipinski definition) is 3. The van der Waals surface area contributed by atoms with Crippen molar-refractivity contribution in [3.63, 3.8) is 0 Å². The molecular weight excluding hydrogens is 265 g/mol. The Morgan fingerprint density at radius 1 is 1.42 bits per heavy atom. The molecule has 106 valence electrons. The summed E-state index contributed by atoms with van der Waals surface area (Å²) in [5.74, 6) is 0.206. The number of nitrogens with zero attached hydrogens (tertiary/aromatic N) is 1. The number of thioether (sulfide) groups is 1. The van der Waals surface area contributed by atoms with E-state index in [1.165, 1.54) is 22.7 Å². The summed E-state index contributed by atoms with van der Waals surface area (Å²) in [6, 6.07) is 6.52. The number of hydrogen-bond donors (Lipinski definition) is 1. The molecule has 1 aromatic rings. The average Bonchev–Trinajstić information content (AvgIpc) is 2.39. The van der Waals surface area contributed by atoms with Crippen LogP contribution in [0, 0.1) is 5.82 Å². The van der Waals surface area contributed by atoms with E-state index < -0.39 is 5.54 Å². The van der Waals surface area contributed by atoms with Crippen molar-refractivity contribution in [2.24, 2.45) is 0 Å². The Morgan fingerprint density at radius 3 is 2.63 bits per heavy atom. The molecule has 0 saturated heterocycles. The Kier molecular flexibility index (Phi) is 5.82. The minimum atomic E-state index is -0.570. The molecule has 0 saturated carbocycles. The number of carbonyl (C=O) groups excluding carboxylic acids is 1. The molecule has 0 heterocycles. The third-order valence-corrected chi connectivity index (χ3v) is 4.13. The second-order valence-corrected chi connectivity index (χ2v) is 6.09. The zero-order valence-corrected chi connectivity index (χ0v) is 12.3. The maximum Gasteiger partial charge on any atom is 0.223 e. The second kappa shape index (κ2) is 6.91. The Bertz CT molecular complexity index is 437. The Balaban J connectivity index is 2.46. The zero-order valence-electron chi connectivity index (χ0n) is 11.5. The highest BCUT2D eigenvalue weighted by atomic mass is 32.2. The van der Waals surface area contributed by atoms with Gasteiger partial charge in [-0.15, -0.1) is 11.8 Å². The number of benzene rings is 1. The number of aliphatic hydroxyl groups is 1. The van der Waals surface area contributed by atoms with Crippen LogP contribution in [-0.4, -0.2) is 40.9 Å². The van der Waals surface area contributed by atoms with Crippen molar-refractivity contribution in [3.05, 3.63) is 30.1 Å². The number of amides is 1. The highest BCUT2D eigenvalue weighted by molar-refractivity contribution is 7.99. The van der Waals surface area contributed by atoms with E-state index in [1.54, 1.807) is 39.1 Å². The van der Waals surface area contributed by atoms with Crippen LogP contribution in [0.1, 0.15) is 20.3 Å². The second-order valence-electron chi connectivity index (χ2n) is 4.95. The molecule has 0 radical (unpaired) electrons. The molecule has 1 N–H and O–H groups in total. The summed E-state index contributed by atoms with van der Waals surface area (Å²) >= 11 is 1.33. The molecule has 0 fully saturated rings. The molecule has 3 nitrogen and oxygen atoms in total. The number of carbonyl (C=O) groups is 1. The van der Waals surface area contributed by atoms with Crippen LogP contribution in [0.15, 0.2) is 29.2 Å². The summed E-state index contributed by atoms with van der Waals surface area (Å²) in [6.07, 6.45) is 0.318. The highest BCUT2D eigenvalue weighted by Gasteiger charge is 2.26. The van der Waals surface area contributed by atoms with Gasteiger partial charge in [-0.1, -0.05) is 12.1 Å². The molecule has 0 unspecified atom stereocenters. The predicted molar refractivity (Wildman–Crippen MR) is 75.7 cm³/mol. The molecule has 19 heavy (non-hydrogen) atoms. The summed E-state index contributed by atoms with van der Waals surface area (Å²) in [5, 5.41) is 9.20. The monoisotopic (exact) mass is 285 g/mol. The molecule has 5 heteroatoms. The van der Waals surface area contributed by atoms with Crippen LogP contribution in [-0.2, 0) is 4.79 Å². The fraction of sp³-hybridized carbons (Fsp3) is 0.500. The molecule has 0 aromatic heterocycles. The van der Waals surface area contributed by atoms with Gasteiger partial charge in [0.05, 0.1) is 12.1 Å². The first-order chi connectivity index (χ1) is 8.88. The fourth-order valence-electron chi connectivity index (χ4n) is 1.42. The molecule has 0 atom stereocenters. The highest BCUT2D eigenvalue weighted by Crippen LogP contribution is 2.22. The quantitative estimate of drug-likeness (QED) is 0.817. The smallest absolute Gasteiger partial charge is 0.223 e. The number of rotatable bonds is 6. The van der Waals surface area contributed by atoms with E-state index in [0.717, 1.165) is 0 Å². The Labute approximate surface area is 117 Å². The van der Waals surface area contributed by atoms with Gasteiger partial charge in [-0.2, -0.15) is 0 Å². The normalized spacial score (nSPS) is 11.4. The summed E-state index contributed by atoms with van der Waals surface area (Å²) in [4.78, 5) is 14.0. The zero-order chi connectivity index (χ0) is 14.5. The molecule has 0 aliphatic rings. The molecule has 0 spiro atoms. The van der Waals surface area contributed by atoms with E-state index in [9.17, 15) is 14.3 Å². The molecule has 0 aliphatic carbocycles. The van der Waals surface area contributed by atoms with Crippen LogP contribution >= 0.6 is 11.8 Å². The fourth-order valence-corrected chi connectivity index (χ4v) is 2.30. The van der Waals surface area contributed by atoms with Gasteiger partial charge in [-0.05, 0) is 26.0 Å². The van der Waals surface area contributed by atoms with Crippen LogP contribution in [0.5, 0.6) is 0 Å². The van der Waals surface area contributed by atoms with Gasteiger partial charge in [0.1, 0.15) is 5.82 Å². The Hall–Kier alpha value is -1.07. The van der Waals surface area contributed by atoms with Crippen LogP contribution in [0.3, 0.4) is 0 Å². The minimum Gasteiger partial charge on any atom is -0.394 e. The SMILES string of the molecule is CN(C(=O)CCSc1ccccc1F)C(C)(C)CO. The van der Waals surface area contributed by atoms with E-state index in [4.69, 9.17) is 0 Å². The number of aliphatic hydroxyl groups excluding tert-OH is 1. The third kappa shape index (κ3) is 4.51. The number of likely N-dealkylation sites (N-methyl/N-ethyl adjacent to an activating group) is 1. The lowest BCUT2D eigenvalue weighted by Gasteiger charge is -2.34. The lowest BCUT2D eigenvalue weighted by Crippen LogP contribution is -2.47. The van der Waals surface area contributed by atoms with Crippen LogP contribution in [0.4, 0.5) is 4.39 Å². The molecule has 1 amide bonds. The van der Waals surface area contributed by atoms with E-state index >= 15 is 0 Å². The first-order valence-electron chi connectivity index (χ1n) is 6.13. The first-order valence-corrected chi connectivity index (χ1v) is 7.12. The summed E-state index contributed by atoms with van der Waals surface area (Å²) in [5.41, 5.74) is -0.570. The van der Waals surface area contributed by atoms with Gasteiger partial charge < -0.3 is 10.0 Å². The van der Waals surface area contributed by atoms with Gasteiger partial charge >= 0.3 is 0 Å². The van der Waals surface area contributed by atoms with Gasteiger partial charge in [-0.25, -0.2) is 4.39 Å². The van der Waals surface area contributed by atoms with Gasteiger partial charge in [0.15, 0.2) is 0 Å². The summed E-state index contributed by atoms with van der Waals surface area (Å²) in [7, 11) is 1.67. The molecule has 0 bridgehead atoms. The number of halogens is 1. The first kappa shape index (κ1) is 16.0. The van der Waals surface area contributed by atoms with E-state index in [2.05, 4.69) is 0 Å². The van der Waals surface area contributed by atoms with E-state index in [-0.39, 0.29) is 18.3 Å². The van der Waals surface area contributed by atoms with Crippen molar-refractivity contribution in [1.82, 2.24) is 4.90 Å². The molecular formula is C14H20FNO2S. The molecule has 1 rings (SSSR count). The van der Waals surface area contributed by atoms with Crippen LogP contribution in [0.25, 0.3) is 0 Å². The van der Waals surface area contributed by atoms with E-state index in [0.29, 0.717) is 17.1 Å². The lowest BCUT2D eigenvalue weighted by atomic mass is 10.1.